The van der Waals surface area contributed by atoms with Crippen LogP contribution in [0.3, 0.4) is 0 Å². The van der Waals surface area contributed by atoms with Gasteiger partial charge in [-0.1, -0.05) is 54.6 Å². The summed E-state index contributed by atoms with van der Waals surface area (Å²) in [7, 11) is 0. The Labute approximate surface area is 211 Å². The minimum Gasteiger partial charge on any atom is -0.484 e. The average molecular weight is 503 g/mol. The van der Waals surface area contributed by atoms with Gasteiger partial charge in [0.2, 0.25) is 0 Å². The largest absolute Gasteiger partial charge is 0.484 e. The van der Waals surface area contributed by atoms with Gasteiger partial charge in [0, 0.05) is 23.1 Å². The van der Waals surface area contributed by atoms with Crippen LogP contribution in [0.25, 0.3) is 22.3 Å². The SMILES string of the molecule is CCOC(=O)c1c(-c2cccc([N+](=O)[O-])c2)csc1NC(=O)COc1ccc(-c2ccccc2)cc1. The number of carbonyl (C=O) groups is 2. The molecule has 0 fully saturated rings. The third-order valence-corrected chi connectivity index (χ3v) is 6.12. The molecule has 0 atom stereocenters. The Bertz CT molecular complexity index is 1380. The summed E-state index contributed by atoms with van der Waals surface area (Å²) >= 11 is 1.13. The van der Waals surface area contributed by atoms with Crippen LogP contribution < -0.4 is 10.1 Å². The molecule has 1 heterocycles. The summed E-state index contributed by atoms with van der Waals surface area (Å²) in [5.74, 6) is -0.563. The molecule has 4 rings (SSSR count). The van der Waals surface area contributed by atoms with E-state index in [2.05, 4.69) is 5.32 Å². The van der Waals surface area contributed by atoms with Gasteiger partial charge in [-0.2, -0.15) is 0 Å². The fourth-order valence-electron chi connectivity index (χ4n) is 3.54. The Hall–Kier alpha value is -4.50. The topological polar surface area (TPSA) is 108 Å². The van der Waals surface area contributed by atoms with Crippen LogP contribution >= 0.6 is 11.3 Å². The van der Waals surface area contributed by atoms with Gasteiger partial charge < -0.3 is 14.8 Å². The van der Waals surface area contributed by atoms with Gasteiger partial charge in [0.05, 0.1) is 11.5 Å². The normalized spacial score (nSPS) is 10.5. The minimum atomic E-state index is -0.632. The molecule has 3 aromatic carbocycles. The summed E-state index contributed by atoms with van der Waals surface area (Å²) in [6.07, 6.45) is 0. The lowest BCUT2D eigenvalue weighted by Gasteiger charge is -2.10. The molecular formula is C27H22N2O6S. The van der Waals surface area contributed by atoms with Gasteiger partial charge in [-0.15, -0.1) is 11.3 Å². The third kappa shape index (κ3) is 5.76. The number of hydrogen-bond acceptors (Lipinski definition) is 7. The lowest BCUT2D eigenvalue weighted by Crippen LogP contribution is -2.21. The predicted octanol–water partition coefficient (Wildman–Crippen LogP) is 6.18. The molecule has 1 aromatic heterocycles. The van der Waals surface area contributed by atoms with Crippen molar-refractivity contribution in [1.82, 2.24) is 0 Å². The molecule has 0 spiro atoms. The Morgan fingerprint density at radius 3 is 2.33 bits per heavy atom. The lowest BCUT2D eigenvalue weighted by atomic mass is 10.0. The van der Waals surface area contributed by atoms with Crippen LogP contribution in [0.2, 0.25) is 0 Å². The molecule has 0 unspecified atom stereocenters. The number of nitrogens with zero attached hydrogens (tertiary/aromatic N) is 1. The van der Waals surface area contributed by atoms with Gasteiger partial charge in [0.15, 0.2) is 6.61 Å². The molecule has 4 aromatic rings. The molecule has 0 aliphatic heterocycles. The van der Waals surface area contributed by atoms with Crippen LogP contribution in [0.15, 0.2) is 84.2 Å². The summed E-state index contributed by atoms with van der Waals surface area (Å²) < 4.78 is 10.8. The van der Waals surface area contributed by atoms with Crippen molar-refractivity contribution in [3.05, 3.63) is 99.9 Å². The number of ether oxygens (including phenoxy) is 2. The van der Waals surface area contributed by atoms with Crippen molar-refractivity contribution in [2.45, 2.75) is 6.92 Å². The molecule has 1 amide bonds. The molecule has 9 heteroatoms. The maximum Gasteiger partial charge on any atom is 0.341 e. The number of nitrogens with one attached hydrogen (secondary N) is 1. The van der Waals surface area contributed by atoms with E-state index < -0.39 is 16.8 Å². The van der Waals surface area contributed by atoms with E-state index in [-0.39, 0.29) is 29.5 Å². The van der Waals surface area contributed by atoms with Crippen LogP contribution in [0.5, 0.6) is 5.75 Å². The van der Waals surface area contributed by atoms with Crippen LogP contribution in [0, 0.1) is 10.1 Å². The number of thiophene rings is 1. The lowest BCUT2D eigenvalue weighted by molar-refractivity contribution is -0.384. The van der Waals surface area contributed by atoms with E-state index in [0.29, 0.717) is 16.9 Å². The highest BCUT2D eigenvalue weighted by Gasteiger charge is 2.24. The zero-order chi connectivity index (χ0) is 25.5. The van der Waals surface area contributed by atoms with E-state index in [0.717, 1.165) is 22.5 Å². The number of rotatable bonds is 9. The summed E-state index contributed by atoms with van der Waals surface area (Å²) in [5.41, 5.74) is 3.05. The van der Waals surface area contributed by atoms with E-state index in [1.165, 1.54) is 18.2 Å². The van der Waals surface area contributed by atoms with Crippen molar-refractivity contribution in [1.29, 1.82) is 0 Å². The predicted molar refractivity (Wildman–Crippen MR) is 138 cm³/mol. The maximum absolute atomic E-state index is 12.7. The van der Waals surface area contributed by atoms with Crippen molar-refractivity contribution in [3.8, 4) is 28.0 Å². The first-order chi connectivity index (χ1) is 17.5. The van der Waals surface area contributed by atoms with Crippen LogP contribution in [0.4, 0.5) is 10.7 Å². The number of esters is 1. The summed E-state index contributed by atoms with van der Waals surface area (Å²) in [6.45, 7) is 1.54. The molecule has 182 valence electrons. The number of hydrogen-bond donors (Lipinski definition) is 1. The highest BCUT2D eigenvalue weighted by atomic mass is 32.1. The first-order valence-electron chi connectivity index (χ1n) is 11.1. The number of non-ortho nitro benzene ring substituents is 1. The maximum atomic E-state index is 12.7. The number of nitro benzene ring substituents is 1. The second-order valence-electron chi connectivity index (χ2n) is 7.61. The number of nitro groups is 1. The fourth-order valence-corrected chi connectivity index (χ4v) is 4.51. The van der Waals surface area contributed by atoms with Crippen LogP contribution in [-0.2, 0) is 9.53 Å². The smallest absolute Gasteiger partial charge is 0.341 e. The molecule has 8 nitrogen and oxygen atoms in total. The van der Waals surface area contributed by atoms with Gasteiger partial charge in [0.25, 0.3) is 11.6 Å². The van der Waals surface area contributed by atoms with E-state index in [1.807, 2.05) is 42.5 Å². The molecule has 1 N–H and O–H groups in total. The van der Waals surface area contributed by atoms with E-state index in [1.54, 1.807) is 30.5 Å². The first kappa shape index (κ1) is 24.6. The van der Waals surface area contributed by atoms with Gasteiger partial charge in [0.1, 0.15) is 16.3 Å². The fraction of sp³-hybridized carbons (Fsp3) is 0.111. The molecule has 36 heavy (non-hydrogen) atoms. The number of carbonyl (C=O) groups excluding carboxylic acids is 2. The van der Waals surface area contributed by atoms with E-state index in [4.69, 9.17) is 9.47 Å². The van der Waals surface area contributed by atoms with Crippen molar-refractivity contribution in [3.63, 3.8) is 0 Å². The van der Waals surface area contributed by atoms with Crippen molar-refractivity contribution in [2.24, 2.45) is 0 Å². The number of benzene rings is 3. The Kier molecular flexibility index (Phi) is 7.72. The Morgan fingerprint density at radius 1 is 0.944 bits per heavy atom. The van der Waals surface area contributed by atoms with Crippen molar-refractivity contribution >= 4 is 33.9 Å². The second kappa shape index (κ2) is 11.3. The number of amides is 1. The summed E-state index contributed by atoms with van der Waals surface area (Å²) in [5, 5.41) is 15.8. The van der Waals surface area contributed by atoms with Gasteiger partial charge in [-0.25, -0.2) is 4.79 Å². The quantitative estimate of drug-likeness (QED) is 0.166. The molecule has 0 saturated heterocycles. The van der Waals surface area contributed by atoms with Crippen LogP contribution in [-0.4, -0.2) is 30.0 Å². The molecule has 0 saturated carbocycles. The average Bonchev–Trinajstić information content (AvgIpc) is 3.32. The van der Waals surface area contributed by atoms with Gasteiger partial charge >= 0.3 is 5.97 Å². The minimum absolute atomic E-state index is 0.106. The monoisotopic (exact) mass is 502 g/mol. The molecule has 0 aliphatic carbocycles. The first-order valence-corrected chi connectivity index (χ1v) is 12.0. The summed E-state index contributed by atoms with van der Waals surface area (Å²) in [6, 6.07) is 23.2. The van der Waals surface area contributed by atoms with Crippen molar-refractivity contribution < 1.29 is 24.0 Å². The van der Waals surface area contributed by atoms with Gasteiger partial charge in [-0.05, 0) is 35.7 Å². The molecule has 0 radical (unpaired) electrons. The summed E-state index contributed by atoms with van der Waals surface area (Å²) in [4.78, 5) is 36.0. The highest BCUT2D eigenvalue weighted by molar-refractivity contribution is 7.15. The zero-order valence-corrected chi connectivity index (χ0v) is 20.1. The van der Waals surface area contributed by atoms with E-state index in [9.17, 15) is 19.7 Å². The molecule has 0 bridgehead atoms. The molecule has 0 aliphatic rings. The zero-order valence-electron chi connectivity index (χ0n) is 19.3. The Morgan fingerprint density at radius 2 is 1.64 bits per heavy atom. The second-order valence-corrected chi connectivity index (χ2v) is 8.49. The third-order valence-electron chi connectivity index (χ3n) is 5.22. The molecular weight excluding hydrogens is 480 g/mol. The highest BCUT2D eigenvalue weighted by Crippen LogP contribution is 2.37. The van der Waals surface area contributed by atoms with E-state index >= 15 is 0 Å². The number of anilines is 1. The van der Waals surface area contributed by atoms with Gasteiger partial charge in [-0.3, -0.25) is 14.9 Å². The Balaban J connectivity index is 1.48. The van der Waals surface area contributed by atoms with Crippen molar-refractivity contribution in [2.75, 3.05) is 18.5 Å². The standard InChI is InChI=1S/C27H22N2O6S/c1-2-34-27(31)25-23(20-9-6-10-21(15-20)29(32)33)17-36-26(25)28-24(30)16-35-22-13-11-19(12-14-22)18-7-4-3-5-8-18/h3-15,17H,2,16H2,1H3,(H,28,30). The van der Waals surface area contributed by atoms with Crippen LogP contribution in [0.1, 0.15) is 17.3 Å².